The molecule has 0 aromatic heterocycles. The minimum atomic E-state index is -0.504. The molecule has 0 amide bonds. The molecule has 0 radical (unpaired) electrons. The molecule has 0 fully saturated rings. The summed E-state index contributed by atoms with van der Waals surface area (Å²) in [6.07, 6.45) is 6.68. The van der Waals surface area contributed by atoms with Gasteiger partial charge in [-0.3, -0.25) is 4.79 Å². The van der Waals surface area contributed by atoms with E-state index in [0.29, 0.717) is 0 Å². The summed E-state index contributed by atoms with van der Waals surface area (Å²) < 4.78 is 0. The molecule has 0 bridgehead atoms. The van der Waals surface area contributed by atoms with Gasteiger partial charge in [0.15, 0.2) is 5.78 Å². The molecule has 0 saturated carbocycles. The molecule has 3 aromatic carbocycles. The Kier molecular flexibility index (Phi) is 2.98. The zero-order valence-electron chi connectivity index (χ0n) is 15.3. The molecule has 2 nitrogen and oxygen atoms in total. The molecule has 0 saturated heterocycles. The Hall–Kier alpha value is -3.39. The van der Waals surface area contributed by atoms with Crippen LogP contribution in [0, 0.1) is 0 Å². The topological polar surface area (TPSA) is 37.3 Å². The van der Waals surface area contributed by atoms with Crippen LogP contribution < -0.4 is 0 Å². The van der Waals surface area contributed by atoms with Crippen molar-refractivity contribution in [2.24, 2.45) is 0 Å². The lowest BCUT2D eigenvalue weighted by molar-refractivity contribution is 0.103. The average Bonchev–Trinajstić information content (AvgIpc) is 3.05. The fourth-order valence-electron chi connectivity index (χ4n) is 5.39. The SMILES string of the molecule is O=C1c2ccccc2C2(c3ccc(O)cc3)C3=CCCC=C3c3cccc1c32. The molecule has 0 aliphatic heterocycles. The number of phenols is 1. The van der Waals surface area contributed by atoms with E-state index in [1.807, 2.05) is 42.5 Å². The van der Waals surface area contributed by atoms with Crippen LogP contribution in [0.15, 0.2) is 84.5 Å². The molecular formula is C26H18O2. The maximum absolute atomic E-state index is 13.4. The smallest absolute Gasteiger partial charge is 0.193 e. The van der Waals surface area contributed by atoms with Crippen LogP contribution in [0.4, 0.5) is 0 Å². The van der Waals surface area contributed by atoms with Crippen LogP contribution in [0.25, 0.3) is 5.57 Å². The second kappa shape index (κ2) is 5.32. The maximum atomic E-state index is 13.4. The predicted octanol–water partition coefficient (Wildman–Crippen LogP) is 5.39. The van der Waals surface area contributed by atoms with Gasteiger partial charge in [0, 0.05) is 11.1 Å². The number of hydrogen-bond acceptors (Lipinski definition) is 2. The van der Waals surface area contributed by atoms with Crippen LogP contribution >= 0.6 is 0 Å². The van der Waals surface area contributed by atoms with Gasteiger partial charge in [-0.2, -0.15) is 0 Å². The molecule has 3 aliphatic rings. The molecule has 3 aromatic rings. The Morgan fingerprint density at radius 2 is 1.46 bits per heavy atom. The molecule has 2 heteroatoms. The highest BCUT2D eigenvalue weighted by Gasteiger charge is 2.54. The van der Waals surface area contributed by atoms with E-state index in [0.717, 1.165) is 40.7 Å². The lowest BCUT2D eigenvalue weighted by Crippen LogP contribution is -2.36. The monoisotopic (exact) mass is 362 g/mol. The summed E-state index contributed by atoms with van der Waals surface area (Å²) >= 11 is 0. The van der Waals surface area contributed by atoms with Gasteiger partial charge in [-0.05, 0) is 58.4 Å². The van der Waals surface area contributed by atoms with Gasteiger partial charge >= 0.3 is 0 Å². The third-order valence-corrected chi connectivity index (χ3v) is 6.41. The minimum absolute atomic E-state index is 0.0988. The molecule has 1 N–H and O–H groups in total. The first-order valence-corrected chi connectivity index (χ1v) is 9.71. The number of aromatic hydroxyl groups is 1. The van der Waals surface area contributed by atoms with Gasteiger partial charge < -0.3 is 5.11 Å². The molecule has 0 spiro atoms. The standard InChI is InChI=1S/C26H18O2/c27-17-14-12-16(13-15-17)26-22-10-3-1-6-18(22)19-8-5-9-21(24(19)26)25(28)20-7-2-4-11-23(20)26/h2,4-15,27H,1,3H2. The van der Waals surface area contributed by atoms with Gasteiger partial charge in [0.05, 0.1) is 5.41 Å². The van der Waals surface area contributed by atoms with Gasteiger partial charge in [-0.1, -0.05) is 66.7 Å². The number of rotatable bonds is 1. The summed E-state index contributed by atoms with van der Waals surface area (Å²) in [5, 5.41) is 9.91. The van der Waals surface area contributed by atoms with Crippen molar-refractivity contribution in [3.05, 3.63) is 118 Å². The highest BCUT2D eigenvalue weighted by Crippen LogP contribution is 2.61. The van der Waals surface area contributed by atoms with Crippen LogP contribution in [0.3, 0.4) is 0 Å². The predicted molar refractivity (Wildman–Crippen MR) is 110 cm³/mol. The number of allylic oxidation sites excluding steroid dienone is 4. The lowest BCUT2D eigenvalue weighted by atomic mass is 9.61. The first kappa shape index (κ1) is 15.6. The van der Waals surface area contributed by atoms with E-state index < -0.39 is 5.41 Å². The third kappa shape index (κ3) is 1.71. The van der Waals surface area contributed by atoms with Gasteiger partial charge in [-0.25, -0.2) is 0 Å². The lowest BCUT2D eigenvalue weighted by Gasteiger charge is -2.39. The minimum Gasteiger partial charge on any atom is -0.508 e. The molecule has 134 valence electrons. The van der Waals surface area contributed by atoms with E-state index in [-0.39, 0.29) is 11.5 Å². The average molecular weight is 362 g/mol. The van der Waals surface area contributed by atoms with Gasteiger partial charge in [0.2, 0.25) is 0 Å². The second-order valence-electron chi connectivity index (χ2n) is 7.71. The van der Waals surface area contributed by atoms with E-state index in [2.05, 4.69) is 24.3 Å². The van der Waals surface area contributed by atoms with Crippen LogP contribution in [0.1, 0.15) is 51.0 Å². The van der Waals surface area contributed by atoms with Gasteiger partial charge in [0.1, 0.15) is 5.75 Å². The van der Waals surface area contributed by atoms with E-state index in [9.17, 15) is 9.90 Å². The second-order valence-corrected chi connectivity index (χ2v) is 7.71. The normalized spacial score (nSPS) is 21.4. The van der Waals surface area contributed by atoms with Crippen molar-refractivity contribution in [3.8, 4) is 5.75 Å². The number of phenolic OH excluding ortho intramolecular Hbond substituents is 1. The number of carbonyl (C=O) groups is 1. The molecule has 1 unspecified atom stereocenters. The van der Waals surface area contributed by atoms with Gasteiger partial charge in [0.25, 0.3) is 0 Å². The number of benzene rings is 3. The molecule has 3 aliphatic carbocycles. The largest absolute Gasteiger partial charge is 0.508 e. The van der Waals surface area contributed by atoms with E-state index in [1.54, 1.807) is 12.1 Å². The zero-order chi connectivity index (χ0) is 18.9. The summed E-state index contributed by atoms with van der Waals surface area (Å²) in [6, 6.07) is 21.6. The Morgan fingerprint density at radius 1 is 0.750 bits per heavy atom. The van der Waals surface area contributed by atoms with Crippen LogP contribution in [-0.4, -0.2) is 10.9 Å². The summed E-state index contributed by atoms with van der Waals surface area (Å²) in [7, 11) is 0. The highest BCUT2D eigenvalue weighted by molar-refractivity contribution is 6.17. The van der Waals surface area contributed by atoms with Crippen LogP contribution in [-0.2, 0) is 5.41 Å². The summed E-state index contributed by atoms with van der Waals surface area (Å²) in [5.41, 5.74) is 7.98. The molecule has 0 heterocycles. The summed E-state index contributed by atoms with van der Waals surface area (Å²) in [6.45, 7) is 0. The fourth-order valence-corrected chi connectivity index (χ4v) is 5.39. The van der Waals surface area contributed by atoms with E-state index in [4.69, 9.17) is 0 Å². The number of fused-ring (bicyclic) bond motifs is 5. The van der Waals surface area contributed by atoms with Crippen LogP contribution in [0.5, 0.6) is 5.75 Å². The molecule has 1 atom stereocenters. The fraction of sp³-hybridized carbons (Fsp3) is 0.115. The molecular weight excluding hydrogens is 344 g/mol. The van der Waals surface area contributed by atoms with E-state index >= 15 is 0 Å². The molecule has 6 rings (SSSR count). The first-order valence-electron chi connectivity index (χ1n) is 9.71. The van der Waals surface area contributed by atoms with Crippen molar-refractivity contribution in [1.29, 1.82) is 0 Å². The van der Waals surface area contributed by atoms with Crippen LogP contribution in [0.2, 0.25) is 0 Å². The Labute approximate surface area is 163 Å². The van der Waals surface area contributed by atoms with E-state index in [1.165, 1.54) is 16.7 Å². The van der Waals surface area contributed by atoms with Crippen molar-refractivity contribution in [3.63, 3.8) is 0 Å². The Bertz CT molecular complexity index is 1230. The summed E-state index contributed by atoms with van der Waals surface area (Å²) in [5.74, 6) is 0.349. The Balaban J connectivity index is 1.85. The van der Waals surface area contributed by atoms with Crippen molar-refractivity contribution in [2.75, 3.05) is 0 Å². The number of ketones is 1. The first-order chi connectivity index (χ1) is 13.7. The number of hydrogen-bond donors (Lipinski definition) is 1. The maximum Gasteiger partial charge on any atom is 0.193 e. The van der Waals surface area contributed by atoms with Crippen molar-refractivity contribution < 1.29 is 9.90 Å². The van der Waals surface area contributed by atoms with Crippen molar-refractivity contribution in [2.45, 2.75) is 18.3 Å². The zero-order valence-corrected chi connectivity index (χ0v) is 15.3. The van der Waals surface area contributed by atoms with Crippen molar-refractivity contribution in [1.82, 2.24) is 0 Å². The van der Waals surface area contributed by atoms with Crippen molar-refractivity contribution >= 4 is 11.4 Å². The quantitative estimate of drug-likeness (QED) is 0.630. The number of carbonyl (C=O) groups excluding carboxylic acids is 1. The third-order valence-electron chi connectivity index (χ3n) is 6.41. The highest BCUT2D eigenvalue weighted by atomic mass is 16.3. The summed E-state index contributed by atoms with van der Waals surface area (Å²) in [4.78, 5) is 13.4. The van der Waals surface area contributed by atoms with Gasteiger partial charge in [-0.15, -0.1) is 0 Å². The molecule has 28 heavy (non-hydrogen) atoms. The Morgan fingerprint density at radius 3 is 2.32 bits per heavy atom.